The van der Waals surface area contributed by atoms with Crippen molar-refractivity contribution >= 4 is 0 Å². The van der Waals surface area contributed by atoms with Gasteiger partial charge in [-0.05, 0) is 43.9 Å². The van der Waals surface area contributed by atoms with E-state index in [9.17, 15) is 0 Å². The lowest BCUT2D eigenvalue weighted by atomic mass is 9.64. The predicted molar refractivity (Wildman–Crippen MR) is 38.0 cm³/mol. The Morgan fingerprint density at radius 3 is 2.00 bits per heavy atom. The Morgan fingerprint density at radius 1 is 0.889 bits per heavy atom. The normalized spacial score (nSPS) is 49.7. The molecule has 0 aromatic carbocycles. The molecule has 2 aliphatic carbocycles. The largest absolute Gasteiger partial charge is 0.328 e. The summed E-state index contributed by atoms with van der Waals surface area (Å²) >= 11 is 0. The van der Waals surface area contributed by atoms with Crippen LogP contribution in [0, 0.1) is 11.8 Å². The lowest BCUT2D eigenvalue weighted by molar-refractivity contribution is 0.103. The van der Waals surface area contributed by atoms with Gasteiger partial charge < -0.3 is 5.73 Å². The van der Waals surface area contributed by atoms with Crippen LogP contribution < -0.4 is 5.73 Å². The molecule has 2 fully saturated rings. The molecule has 0 amide bonds. The minimum absolute atomic E-state index is 0.548. The van der Waals surface area contributed by atoms with Crippen molar-refractivity contribution in [1.29, 1.82) is 0 Å². The quantitative estimate of drug-likeness (QED) is 0.522. The van der Waals surface area contributed by atoms with Crippen LogP contribution in [0.1, 0.15) is 32.1 Å². The molecule has 0 aromatic rings. The van der Waals surface area contributed by atoms with E-state index < -0.39 is 0 Å². The van der Waals surface area contributed by atoms with E-state index in [1.807, 2.05) is 0 Å². The molecule has 2 N–H and O–H groups in total. The van der Waals surface area contributed by atoms with Crippen LogP contribution in [0.5, 0.6) is 0 Å². The Kier molecular flexibility index (Phi) is 1.26. The summed E-state index contributed by atoms with van der Waals surface area (Å²) in [5.41, 5.74) is 5.82. The molecule has 0 radical (unpaired) electrons. The number of fused-ring (bicyclic) bond motifs is 1. The van der Waals surface area contributed by atoms with Gasteiger partial charge in [-0.15, -0.1) is 0 Å². The Balaban J connectivity index is 1.92. The zero-order chi connectivity index (χ0) is 6.27. The van der Waals surface area contributed by atoms with Crippen molar-refractivity contribution in [2.45, 2.75) is 38.1 Å². The molecule has 0 spiro atoms. The fourth-order valence-corrected chi connectivity index (χ4v) is 2.26. The first-order valence-electron chi connectivity index (χ1n) is 4.12. The summed E-state index contributed by atoms with van der Waals surface area (Å²) < 4.78 is 0. The van der Waals surface area contributed by atoms with Crippen molar-refractivity contribution in [3.63, 3.8) is 0 Å². The SMILES string of the molecule is NC1CC[C@@H]2CC[C@@H]2C1. The van der Waals surface area contributed by atoms with Gasteiger partial charge in [-0.1, -0.05) is 0 Å². The summed E-state index contributed by atoms with van der Waals surface area (Å²) in [5.74, 6) is 2.12. The van der Waals surface area contributed by atoms with Gasteiger partial charge in [-0.2, -0.15) is 0 Å². The predicted octanol–water partition coefficient (Wildman–Crippen LogP) is 1.52. The highest BCUT2D eigenvalue weighted by atomic mass is 14.7. The van der Waals surface area contributed by atoms with Gasteiger partial charge in [0, 0.05) is 6.04 Å². The third kappa shape index (κ3) is 0.877. The molecule has 3 atom stereocenters. The molecular formula is C8H15N. The maximum Gasteiger partial charge on any atom is 0.00416 e. The molecular weight excluding hydrogens is 110 g/mol. The number of nitrogens with two attached hydrogens (primary N) is 1. The first-order valence-corrected chi connectivity index (χ1v) is 4.12. The smallest absolute Gasteiger partial charge is 0.00416 e. The molecule has 0 heterocycles. The molecule has 52 valence electrons. The van der Waals surface area contributed by atoms with Crippen molar-refractivity contribution in [3.8, 4) is 0 Å². The van der Waals surface area contributed by atoms with Crippen molar-refractivity contribution in [2.75, 3.05) is 0 Å². The Bertz CT molecular complexity index is 111. The monoisotopic (exact) mass is 125 g/mol. The summed E-state index contributed by atoms with van der Waals surface area (Å²) in [6.45, 7) is 0. The van der Waals surface area contributed by atoms with Gasteiger partial charge in [-0.25, -0.2) is 0 Å². The molecule has 2 rings (SSSR count). The molecule has 2 saturated carbocycles. The number of hydrogen-bond acceptors (Lipinski definition) is 1. The summed E-state index contributed by atoms with van der Waals surface area (Å²) in [6.07, 6.45) is 7.01. The molecule has 0 aromatic heterocycles. The van der Waals surface area contributed by atoms with Crippen molar-refractivity contribution in [1.82, 2.24) is 0 Å². The minimum Gasteiger partial charge on any atom is -0.328 e. The van der Waals surface area contributed by atoms with E-state index in [1.54, 1.807) is 0 Å². The van der Waals surface area contributed by atoms with Crippen LogP contribution in [0.2, 0.25) is 0 Å². The zero-order valence-corrected chi connectivity index (χ0v) is 5.84. The molecule has 1 heteroatoms. The van der Waals surface area contributed by atoms with Crippen molar-refractivity contribution < 1.29 is 0 Å². The zero-order valence-electron chi connectivity index (χ0n) is 5.84. The van der Waals surface area contributed by atoms with Gasteiger partial charge in [0.1, 0.15) is 0 Å². The van der Waals surface area contributed by atoms with Gasteiger partial charge in [-0.3, -0.25) is 0 Å². The lowest BCUT2D eigenvalue weighted by Gasteiger charge is -2.42. The minimum atomic E-state index is 0.548. The van der Waals surface area contributed by atoms with Gasteiger partial charge >= 0.3 is 0 Å². The topological polar surface area (TPSA) is 26.0 Å². The second-order valence-corrected chi connectivity index (χ2v) is 3.67. The molecule has 1 unspecified atom stereocenters. The van der Waals surface area contributed by atoms with Gasteiger partial charge in [0.05, 0.1) is 0 Å². The average Bonchev–Trinajstić information content (AvgIpc) is 1.78. The van der Waals surface area contributed by atoms with E-state index >= 15 is 0 Å². The Hall–Kier alpha value is -0.0400. The maximum absolute atomic E-state index is 5.82. The number of rotatable bonds is 0. The molecule has 9 heavy (non-hydrogen) atoms. The first-order chi connectivity index (χ1) is 4.36. The van der Waals surface area contributed by atoms with Crippen LogP contribution in [0.4, 0.5) is 0 Å². The second kappa shape index (κ2) is 1.98. The summed E-state index contributed by atoms with van der Waals surface area (Å²) in [5, 5.41) is 0. The molecule has 1 nitrogen and oxygen atoms in total. The van der Waals surface area contributed by atoms with Gasteiger partial charge in [0.2, 0.25) is 0 Å². The fourth-order valence-electron chi connectivity index (χ4n) is 2.26. The van der Waals surface area contributed by atoms with Crippen LogP contribution in [0.15, 0.2) is 0 Å². The fraction of sp³-hybridized carbons (Fsp3) is 1.00. The summed E-state index contributed by atoms with van der Waals surface area (Å²) in [7, 11) is 0. The maximum atomic E-state index is 5.82. The third-order valence-corrected chi connectivity index (χ3v) is 3.09. The highest BCUT2D eigenvalue weighted by Crippen LogP contribution is 2.44. The van der Waals surface area contributed by atoms with Crippen LogP contribution >= 0.6 is 0 Å². The highest BCUT2D eigenvalue weighted by molar-refractivity contribution is 4.88. The highest BCUT2D eigenvalue weighted by Gasteiger charge is 2.35. The molecule has 0 aliphatic heterocycles. The van der Waals surface area contributed by atoms with Gasteiger partial charge in [0.25, 0.3) is 0 Å². The van der Waals surface area contributed by atoms with Gasteiger partial charge in [0.15, 0.2) is 0 Å². The van der Waals surface area contributed by atoms with E-state index in [0.717, 1.165) is 11.8 Å². The van der Waals surface area contributed by atoms with Crippen LogP contribution in [0.25, 0.3) is 0 Å². The second-order valence-electron chi connectivity index (χ2n) is 3.67. The summed E-state index contributed by atoms with van der Waals surface area (Å²) in [4.78, 5) is 0. The summed E-state index contributed by atoms with van der Waals surface area (Å²) in [6, 6.07) is 0.548. The molecule has 2 aliphatic rings. The standard InChI is InChI=1S/C8H15N/c9-8-4-3-6-1-2-7(6)5-8/h6-8H,1-5,9H2/t6-,7+,8?/m0/s1. The van der Waals surface area contributed by atoms with Crippen LogP contribution in [-0.2, 0) is 0 Å². The lowest BCUT2D eigenvalue weighted by Crippen LogP contribution is -2.38. The molecule has 0 saturated heterocycles. The van der Waals surface area contributed by atoms with Crippen LogP contribution in [-0.4, -0.2) is 6.04 Å². The first kappa shape index (κ1) is 5.72. The molecule has 0 bridgehead atoms. The van der Waals surface area contributed by atoms with E-state index in [0.29, 0.717) is 6.04 Å². The Labute approximate surface area is 56.6 Å². The third-order valence-electron chi connectivity index (χ3n) is 3.09. The van der Waals surface area contributed by atoms with Crippen LogP contribution in [0.3, 0.4) is 0 Å². The van der Waals surface area contributed by atoms with E-state index in [2.05, 4.69) is 0 Å². The van der Waals surface area contributed by atoms with E-state index in [1.165, 1.54) is 32.1 Å². The van der Waals surface area contributed by atoms with Crippen molar-refractivity contribution in [2.24, 2.45) is 17.6 Å². The van der Waals surface area contributed by atoms with Crippen molar-refractivity contribution in [3.05, 3.63) is 0 Å². The average molecular weight is 125 g/mol. The Morgan fingerprint density at radius 2 is 1.56 bits per heavy atom. The van der Waals surface area contributed by atoms with E-state index in [-0.39, 0.29) is 0 Å². The van der Waals surface area contributed by atoms with E-state index in [4.69, 9.17) is 5.73 Å². The number of hydrogen-bond donors (Lipinski definition) is 1.